The van der Waals surface area contributed by atoms with E-state index in [1.165, 1.54) is 30.0 Å². The number of halogens is 3. The number of hydrogen-bond acceptors (Lipinski definition) is 4. The Labute approximate surface area is 140 Å². The second-order valence-corrected chi connectivity index (χ2v) is 6.25. The molecule has 1 unspecified atom stereocenters. The highest BCUT2D eigenvalue weighted by atomic mass is 32.2. The molecule has 0 spiro atoms. The fourth-order valence-corrected chi connectivity index (χ4v) is 3.71. The van der Waals surface area contributed by atoms with Crippen LogP contribution in [0.3, 0.4) is 0 Å². The summed E-state index contributed by atoms with van der Waals surface area (Å²) in [7, 11) is 0. The van der Waals surface area contributed by atoms with Crippen molar-refractivity contribution in [2.45, 2.75) is 18.2 Å². The van der Waals surface area contributed by atoms with Crippen LogP contribution in [0.4, 0.5) is 13.2 Å². The molecule has 0 aliphatic carbocycles. The van der Waals surface area contributed by atoms with E-state index in [1.54, 1.807) is 23.5 Å². The van der Waals surface area contributed by atoms with Crippen molar-refractivity contribution in [1.82, 2.24) is 14.9 Å². The molecular weight excluding hydrogens is 343 g/mol. The normalized spacial score (nSPS) is 18.2. The first-order valence-corrected chi connectivity index (χ1v) is 8.22. The van der Waals surface area contributed by atoms with Gasteiger partial charge in [0.25, 0.3) is 0 Å². The first kappa shape index (κ1) is 16.7. The third kappa shape index (κ3) is 4.02. The predicted octanol–water partition coefficient (Wildman–Crippen LogP) is 3.13. The van der Waals surface area contributed by atoms with E-state index >= 15 is 0 Å². The van der Waals surface area contributed by atoms with Crippen molar-refractivity contribution >= 4 is 17.7 Å². The van der Waals surface area contributed by atoms with Gasteiger partial charge in [0.1, 0.15) is 11.1 Å². The van der Waals surface area contributed by atoms with Gasteiger partial charge in [-0.1, -0.05) is 12.1 Å². The number of H-pyrrole nitrogens is 1. The number of rotatable bonds is 5. The Morgan fingerprint density at radius 2 is 2.25 bits per heavy atom. The summed E-state index contributed by atoms with van der Waals surface area (Å²) in [6.45, 7) is 0.450. The lowest BCUT2D eigenvalue weighted by molar-refractivity contribution is -0.274. The summed E-state index contributed by atoms with van der Waals surface area (Å²) in [5.74, 6) is -0.0230. The number of thioether (sulfide) groups is 1. The van der Waals surface area contributed by atoms with Crippen LogP contribution in [-0.4, -0.2) is 39.4 Å². The number of carbonyl (C=O) groups is 1. The van der Waals surface area contributed by atoms with E-state index in [9.17, 15) is 18.0 Å². The number of aromatic nitrogens is 2. The molecule has 0 bridgehead atoms. The Bertz CT molecular complexity index is 706. The van der Waals surface area contributed by atoms with Gasteiger partial charge >= 0.3 is 6.36 Å². The predicted molar refractivity (Wildman–Crippen MR) is 82.3 cm³/mol. The number of carbonyl (C=O) groups excluding carboxylic acids is 1. The third-order valence-corrected chi connectivity index (χ3v) is 4.76. The molecule has 1 amide bonds. The monoisotopic (exact) mass is 357 g/mol. The average Bonchev–Trinajstić information content (AvgIpc) is 3.13. The standard InChI is InChI=1S/C15H14F3N3O2S/c16-15(17,18)23-12-3-1-2-10(6-12)14-21(13(22)8-24-14)5-4-11-7-19-9-20-11/h1-3,6-7,9,14H,4-5,8H2,(H,19,20). The van der Waals surface area contributed by atoms with Gasteiger partial charge in [-0.15, -0.1) is 24.9 Å². The number of benzene rings is 1. The van der Waals surface area contributed by atoms with E-state index in [0.717, 1.165) is 5.69 Å². The van der Waals surface area contributed by atoms with Crippen molar-refractivity contribution in [2.75, 3.05) is 12.3 Å². The summed E-state index contributed by atoms with van der Waals surface area (Å²) in [6, 6.07) is 5.75. The Kier molecular flexibility index (Phi) is 4.70. The largest absolute Gasteiger partial charge is 0.573 e. The number of amides is 1. The lowest BCUT2D eigenvalue weighted by Crippen LogP contribution is -2.30. The Balaban J connectivity index is 1.74. The molecule has 1 N–H and O–H groups in total. The van der Waals surface area contributed by atoms with Crippen LogP contribution in [0.1, 0.15) is 16.6 Å². The van der Waals surface area contributed by atoms with Crippen LogP contribution in [0.25, 0.3) is 0 Å². The molecular formula is C15H14F3N3O2S. The summed E-state index contributed by atoms with van der Waals surface area (Å²) in [4.78, 5) is 20.7. The molecule has 2 heterocycles. The topological polar surface area (TPSA) is 58.2 Å². The second kappa shape index (κ2) is 6.76. The van der Waals surface area contributed by atoms with Crippen molar-refractivity contribution in [3.8, 4) is 5.75 Å². The van der Waals surface area contributed by atoms with Crippen LogP contribution in [0.5, 0.6) is 5.75 Å². The van der Waals surface area contributed by atoms with Crippen molar-refractivity contribution in [1.29, 1.82) is 0 Å². The number of aromatic amines is 1. The minimum Gasteiger partial charge on any atom is -0.406 e. The Morgan fingerprint density at radius 1 is 1.42 bits per heavy atom. The second-order valence-electron chi connectivity index (χ2n) is 5.18. The van der Waals surface area contributed by atoms with Gasteiger partial charge in [0.2, 0.25) is 5.91 Å². The zero-order chi connectivity index (χ0) is 17.2. The summed E-state index contributed by atoms with van der Waals surface area (Å²) in [5, 5.41) is -0.326. The van der Waals surface area contributed by atoms with Crippen LogP contribution in [0, 0.1) is 0 Å². The molecule has 3 rings (SSSR count). The molecule has 1 aliphatic rings. The molecule has 128 valence electrons. The molecule has 1 aromatic carbocycles. The fourth-order valence-electron chi connectivity index (χ4n) is 2.50. The first-order valence-electron chi connectivity index (χ1n) is 7.17. The number of hydrogen-bond donors (Lipinski definition) is 1. The highest BCUT2D eigenvalue weighted by Crippen LogP contribution is 2.40. The minimum absolute atomic E-state index is 0.0392. The van der Waals surface area contributed by atoms with Gasteiger partial charge in [-0.2, -0.15) is 0 Å². The van der Waals surface area contributed by atoms with Crippen molar-refractivity contribution in [2.24, 2.45) is 0 Å². The highest BCUT2D eigenvalue weighted by Gasteiger charge is 2.34. The molecule has 1 saturated heterocycles. The van der Waals surface area contributed by atoms with Crippen molar-refractivity contribution in [3.05, 3.63) is 48.0 Å². The van der Waals surface area contributed by atoms with E-state index in [2.05, 4.69) is 14.7 Å². The Morgan fingerprint density at radius 3 is 2.96 bits per heavy atom. The maximum atomic E-state index is 12.4. The summed E-state index contributed by atoms with van der Waals surface area (Å²) >= 11 is 1.39. The Hall–Kier alpha value is -2.16. The summed E-state index contributed by atoms with van der Waals surface area (Å²) < 4.78 is 41.1. The van der Waals surface area contributed by atoms with Crippen LogP contribution in [-0.2, 0) is 11.2 Å². The molecule has 1 fully saturated rings. The van der Waals surface area contributed by atoms with Gasteiger partial charge in [-0.25, -0.2) is 4.98 Å². The minimum atomic E-state index is -4.74. The van der Waals surface area contributed by atoms with Gasteiger partial charge < -0.3 is 14.6 Å². The summed E-state index contributed by atoms with van der Waals surface area (Å²) in [6.07, 6.45) is -0.853. The van der Waals surface area contributed by atoms with Crippen LogP contribution < -0.4 is 4.74 Å². The summed E-state index contributed by atoms with van der Waals surface area (Å²) in [5.41, 5.74) is 1.43. The van der Waals surface area contributed by atoms with Crippen LogP contribution >= 0.6 is 11.8 Å². The van der Waals surface area contributed by atoms with Crippen LogP contribution in [0.15, 0.2) is 36.8 Å². The highest BCUT2D eigenvalue weighted by molar-refractivity contribution is 8.00. The SMILES string of the molecule is O=C1CSC(c2cccc(OC(F)(F)F)c2)N1CCc1c[nH]cn1. The smallest absolute Gasteiger partial charge is 0.406 e. The van der Waals surface area contributed by atoms with Gasteiger partial charge in [-0.3, -0.25) is 4.79 Å². The molecule has 24 heavy (non-hydrogen) atoms. The van der Waals surface area contributed by atoms with Gasteiger partial charge in [0, 0.05) is 19.2 Å². The van der Waals surface area contributed by atoms with E-state index in [1.807, 2.05) is 0 Å². The van der Waals surface area contributed by atoms with E-state index in [-0.39, 0.29) is 17.0 Å². The van der Waals surface area contributed by atoms with Crippen molar-refractivity contribution < 1.29 is 22.7 Å². The van der Waals surface area contributed by atoms with Crippen molar-refractivity contribution in [3.63, 3.8) is 0 Å². The molecule has 1 aliphatic heterocycles. The zero-order valence-electron chi connectivity index (χ0n) is 12.4. The molecule has 0 saturated carbocycles. The number of ether oxygens (including phenoxy) is 1. The lowest BCUT2D eigenvalue weighted by Gasteiger charge is -2.24. The molecule has 1 aromatic heterocycles. The first-order chi connectivity index (χ1) is 11.4. The third-order valence-electron chi connectivity index (χ3n) is 3.51. The number of alkyl halides is 3. The van der Waals surface area contributed by atoms with Crippen LogP contribution in [0.2, 0.25) is 0 Å². The fraction of sp³-hybridized carbons (Fsp3) is 0.333. The van der Waals surface area contributed by atoms with E-state index < -0.39 is 6.36 Å². The lowest BCUT2D eigenvalue weighted by atomic mass is 10.2. The molecule has 5 nitrogen and oxygen atoms in total. The van der Waals surface area contributed by atoms with Gasteiger partial charge in [-0.05, 0) is 17.7 Å². The van der Waals surface area contributed by atoms with E-state index in [4.69, 9.17) is 0 Å². The number of nitrogens with one attached hydrogen (secondary N) is 1. The average molecular weight is 357 g/mol. The molecule has 9 heteroatoms. The molecule has 1 atom stereocenters. The van der Waals surface area contributed by atoms with E-state index in [0.29, 0.717) is 24.3 Å². The zero-order valence-corrected chi connectivity index (χ0v) is 13.2. The number of nitrogens with zero attached hydrogens (tertiary/aromatic N) is 2. The van der Waals surface area contributed by atoms with Gasteiger partial charge in [0.05, 0.1) is 17.8 Å². The number of imidazole rings is 1. The molecule has 0 radical (unpaired) electrons. The maximum Gasteiger partial charge on any atom is 0.573 e. The molecule has 2 aromatic rings. The van der Waals surface area contributed by atoms with Gasteiger partial charge in [0.15, 0.2) is 0 Å². The maximum absolute atomic E-state index is 12.4. The quantitative estimate of drug-likeness (QED) is 0.893.